The highest BCUT2D eigenvalue weighted by Crippen LogP contribution is 2.38. The van der Waals surface area contributed by atoms with E-state index in [1.54, 1.807) is 0 Å². The summed E-state index contributed by atoms with van der Waals surface area (Å²) >= 11 is 0. The van der Waals surface area contributed by atoms with Crippen molar-refractivity contribution < 1.29 is 42.1 Å². The molecule has 450 valence electrons. The number of allylic oxidation sites excluding steroid dienone is 16. The van der Waals surface area contributed by atoms with E-state index in [-0.39, 0.29) is 32.0 Å². The van der Waals surface area contributed by atoms with Crippen LogP contribution in [-0.4, -0.2) is 70.0 Å². The van der Waals surface area contributed by atoms with Crippen molar-refractivity contribution in [2.45, 2.75) is 277 Å². The van der Waals surface area contributed by atoms with Crippen molar-refractivity contribution >= 4 is 19.8 Å². The third kappa shape index (κ3) is 62.1. The predicted molar refractivity (Wildman–Crippen MR) is 332 cm³/mol. The van der Waals surface area contributed by atoms with Gasteiger partial charge in [0.05, 0.1) is 27.7 Å². The molecule has 0 aliphatic carbocycles. The number of hydrogen-bond acceptors (Lipinski definition) is 8. The number of carbonyl (C=O) groups is 2. The van der Waals surface area contributed by atoms with Crippen LogP contribution < -0.4 is 4.89 Å². The number of esters is 2. The van der Waals surface area contributed by atoms with Crippen LogP contribution in [0.2, 0.25) is 0 Å². The highest BCUT2D eigenvalue weighted by Gasteiger charge is 2.22. The molecule has 0 aliphatic heterocycles. The summed E-state index contributed by atoms with van der Waals surface area (Å²) < 4.78 is 34.1. The molecule has 0 aromatic heterocycles. The van der Waals surface area contributed by atoms with Gasteiger partial charge in [0.1, 0.15) is 19.8 Å². The Morgan fingerprint density at radius 1 is 0.410 bits per heavy atom. The number of carbonyl (C=O) groups excluding carboxylic acids is 2. The number of hydrogen-bond donors (Lipinski definition) is 0. The Bertz CT molecular complexity index is 1640. The molecule has 0 aliphatic rings. The Kier molecular flexibility index (Phi) is 56.3. The molecule has 0 aromatic rings. The van der Waals surface area contributed by atoms with Gasteiger partial charge in [0, 0.05) is 12.8 Å². The third-order valence-electron chi connectivity index (χ3n) is 13.6. The minimum Gasteiger partial charge on any atom is -0.756 e. The van der Waals surface area contributed by atoms with Gasteiger partial charge < -0.3 is 27.9 Å². The molecule has 0 amide bonds. The summed E-state index contributed by atoms with van der Waals surface area (Å²) in [5.74, 6) is -0.826. The first-order chi connectivity index (χ1) is 38.0. The quantitative estimate of drug-likeness (QED) is 0.0195. The van der Waals surface area contributed by atoms with Gasteiger partial charge in [-0.2, -0.15) is 0 Å². The first-order valence-electron chi connectivity index (χ1n) is 31.9. The SMILES string of the molecule is CC/C=C\C/C=C\C/C=C\C/C=C\C/C=C\C/C=C\C/C=C\C/C=C\CCCCCCCCCCCCCCCCCCC(=O)OC(COC(=O)CCCCCCCCCCCCCCC)COP(=O)([O-])OCC[N+](C)(C)C. The van der Waals surface area contributed by atoms with Crippen molar-refractivity contribution in [3.8, 4) is 0 Å². The van der Waals surface area contributed by atoms with Gasteiger partial charge in [0.25, 0.3) is 7.82 Å². The van der Waals surface area contributed by atoms with Crippen LogP contribution in [-0.2, 0) is 32.7 Å². The minimum absolute atomic E-state index is 0.0313. The summed E-state index contributed by atoms with van der Waals surface area (Å²) in [5, 5.41) is 0. The van der Waals surface area contributed by atoms with E-state index >= 15 is 0 Å². The number of rotatable bonds is 58. The molecule has 0 rings (SSSR count). The highest BCUT2D eigenvalue weighted by atomic mass is 31.2. The van der Waals surface area contributed by atoms with E-state index < -0.39 is 26.5 Å². The zero-order valence-electron chi connectivity index (χ0n) is 51.1. The lowest BCUT2D eigenvalue weighted by Crippen LogP contribution is -2.37. The van der Waals surface area contributed by atoms with Crippen molar-refractivity contribution in [1.29, 1.82) is 0 Å². The number of phosphoric acid groups is 1. The Morgan fingerprint density at radius 3 is 1.09 bits per heavy atom. The maximum Gasteiger partial charge on any atom is 0.306 e. The Labute approximate surface area is 481 Å². The normalized spacial score (nSPS) is 13.9. The van der Waals surface area contributed by atoms with Crippen molar-refractivity contribution in [2.24, 2.45) is 0 Å². The van der Waals surface area contributed by atoms with Crippen LogP contribution in [0.25, 0.3) is 0 Å². The molecule has 2 unspecified atom stereocenters. The molecule has 0 radical (unpaired) electrons. The Morgan fingerprint density at radius 2 is 0.731 bits per heavy atom. The van der Waals surface area contributed by atoms with Gasteiger partial charge in [0.15, 0.2) is 6.10 Å². The van der Waals surface area contributed by atoms with Crippen LogP contribution in [0.4, 0.5) is 0 Å². The number of nitrogens with zero attached hydrogens (tertiary/aromatic N) is 1. The lowest BCUT2D eigenvalue weighted by Gasteiger charge is -2.28. The van der Waals surface area contributed by atoms with Gasteiger partial charge in [-0.15, -0.1) is 0 Å². The van der Waals surface area contributed by atoms with Crippen LogP contribution in [0, 0.1) is 0 Å². The summed E-state index contributed by atoms with van der Waals surface area (Å²) in [6.07, 6.45) is 80.5. The van der Waals surface area contributed by atoms with Gasteiger partial charge in [-0.3, -0.25) is 14.2 Å². The maximum atomic E-state index is 12.8. The number of unbranched alkanes of at least 4 members (excludes halogenated alkanes) is 28. The molecule has 0 heterocycles. The first-order valence-corrected chi connectivity index (χ1v) is 33.4. The molecule has 9 nitrogen and oxygen atoms in total. The highest BCUT2D eigenvalue weighted by molar-refractivity contribution is 7.45. The fraction of sp³-hybridized carbons (Fsp3) is 0.735. The summed E-state index contributed by atoms with van der Waals surface area (Å²) in [4.78, 5) is 37.8. The Balaban J connectivity index is 3.96. The minimum atomic E-state index is -4.63. The van der Waals surface area contributed by atoms with E-state index in [1.807, 2.05) is 21.1 Å². The lowest BCUT2D eigenvalue weighted by atomic mass is 10.0. The predicted octanol–water partition coefficient (Wildman–Crippen LogP) is 19.7. The number of ether oxygens (including phenoxy) is 2. The monoisotopic (exact) mass is 1110 g/mol. The number of phosphoric ester groups is 1. The molecule has 78 heavy (non-hydrogen) atoms. The van der Waals surface area contributed by atoms with Crippen LogP contribution in [0.15, 0.2) is 97.2 Å². The zero-order chi connectivity index (χ0) is 57.0. The number of quaternary nitrogens is 1. The molecule has 0 saturated carbocycles. The van der Waals surface area contributed by atoms with E-state index in [1.165, 1.54) is 148 Å². The second-order valence-corrected chi connectivity index (χ2v) is 23.8. The van der Waals surface area contributed by atoms with E-state index in [4.69, 9.17) is 18.5 Å². The third-order valence-corrected chi connectivity index (χ3v) is 14.6. The van der Waals surface area contributed by atoms with Crippen molar-refractivity contribution in [1.82, 2.24) is 0 Å². The van der Waals surface area contributed by atoms with E-state index in [0.29, 0.717) is 17.4 Å². The topological polar surface area (TPSA) is 111 Å². The number of likely N-dealkylation sites (N-methyl/N-ethyl adjacent to an activating group) is 1. The molecule has 2 atom stereocenters. The molecule has 0 aromatic carbocycles. The van der Waals surface area contributed by atoms with E-state index in [9.17, 15) is 19.0 Å². The molecule has 0 spiro atoms. The van der Waals surface area contributed by atoms with Crippen molar-refractivity contribution in [3.05, 3.63) is 97.2 Å². The molecular weight excluding hydrogens is 990 g/mol. The molecule has 10 heteroatoms. The van der Waals surface area contributed by atoms with Crippen LogP contribution in [0.3, 0.4) is 0 Å². The lowest BCUT2D eigenvalue weighted by molar-refractivity contribution is -0.870. The molecule has 0 fully saturated rings. The summed E-state index contributed by atoms with van der Waals surface area (Å²) in [7, 11) is 1.17. The molecular formula is C68H120NO8P. The van der Waals surface area contributed by atoms with Gasteiger partial charge in [0.2, 0.25) is 0 Å². The van der Waals surface area contributed by atoms with Crippen LogP contribution in [0.5, 0.6) is 0 Å². The van der Waals surface area contributed by atoms with Gasteiger partial charge in [-0.05, 0) is 77.0 Å². The largest absolute Gasteiger partial charge is 0.756 e. The maximum absolute atomic E-state index is 12.8. The summed E-state index contributed by atoms with van der Waals surface area (Å²) in [6.45, 7) is 4.14. The standard InChI is InChI=1S/C68H120NO8P/c1-6-8-10-12-14-16-18-20-21-22-23-24-25-26-27-28-29-30-31-32-33-34-35-36-37-38-39-40-41-42-43-44-45-46-47-49-51-53-55-57-59-61-68(71)77-66(65-76-78(72,73)75-63-62-69(3,4)5)64-74-67(70)60-58-56-54-52-50-48-19-17-15-13-11-9-7-2/h8,10,14,16,20-21,23-24,26-27,29-30,32-33,35-36,66H,6-7,9,11-13,15,17-19,22,25,28,31,34,37-65H2,1-5H3/b10-8-,16-14-,21-20-,24-23-,27-26-,30-29-,33-32-,36-35-. The van der Waals surface area contributed by atoms with Gasteiger partial charge >= 0.3 is 11.9 Å². The van der Waals surface area contributed by atoms with Crippen molar-refractivity contribution in [2.75, 3.05) is 47.5 Å². The van der Waals surface area contributed by atoms with Gasteiger partial charge in [-0.25, -0.2) is 0 Å². The van der Waals surface area contributed by atoms with E-state index in [0.717, 1.165) is 89.9 Å². The van der Waals surface area contributed by atoms with E-state index in [2.05, 4.69) is 111 Å². The van der Waals surface area contributed by atoms with Gasteiger partial charge in [-0.1, -0.05) is 278 Å². The average Bonchev–Trinajstić information content (AvgIpc) is 3.40. The van der Waals surface area contributed by atoms with Crippen LogP contribution >= 0.6 is 7.82 Å². The zero-order valence-corrected chi connectivity index (χ0v) is 52.0. The fourth-order valence-electron chi connectivity index (χ4n) is 8.73. The molecule has 0 saturated heterocycles. The summed E-state index contributed by atoms with van der Waals surface area (Å²) in [6, 6.07) is 0. The first kappa shape index (κ1) is 74.9. The second kappa shape index (κ2) is 58.6. The van der Waals surface area contributed by atoms with Crippen LogP contribution in [0.1, 0.15) is 271 Å². The second-order valence-electron chi connectivity index (χ2n) is 22.4. The average molecular weight is 1110 g/mol. The smallest absolute Gasteiger partial charge is 0.306 e. The Hall–Kier alpha value is -3.07. The summed E-state index contributed by atoms with van der Waals surface area (Å²) in [5.41, 5.74) is 0. The van der Waals surface area contributed by atoms with Crippen molar-refractivity contribution in [3.63, 3.8) is 0 Å². The fourth-order valence-corrected chi connectivity index (χ4v) is 9.46. The molecule has 0 N–H and O–H groups in total. The molecule has 0 bridgehead atoms.